The first-order valence-corrected chi connectivity index (χ1v) is 21.2. The number of carboxylic acids is 1. The maximum Gasteiger partial charge on any atom is 0.362 e. The van der Waals surface area contributed by atoms with Crippen LogP contribution in [0.3, 0.4) is 0 Å². The van der Waals surface area contributed by atoms with E-state index in [1.807, 2.05) is 75.8 Å². The second-order valence-corrected chi connectivity index (χ2v) is 15.0. The summed E-state index contributed by atoms with van der Waals surface area (Å²) in [5.41, 5.74) is 0. The highest BCUT2D eigenvalue weighted by molar-refractivity contribution is 5.72. The van der Waals surface area contributed by atoms with E-state index in [0.717, 1.165) is 51.4 Å². The zero-order valence-corrected chi connectivity index (χ0v) is 35.3. The smallest absolute Gasteiger partial charge is 0.362 e. The molecular formula is C47H78NO7+. The van der Waals surface area contributed by atoms with Crippen molar-refractivity contribution in [3.05, 3.63) is 85.1 Å². The second-order valence-electron chi connectivity index (χ2n) is 15.0. The predicted molar refractivity (Wildman–Crippen MR) is 229 cm³/mol. The van der Waals surface area contributed by atoms with Crippen LogP contribution in [0.5, 0.6) is 0 Å². The van der Waals surface area contributed by atoms with Crippen LogP contribution in [0.25, 0.3) is 0 Å². The van der Waals surface area contributed by atoms with Gasteiger partial charge in [0.25, 0.3) is 0 Å². The number of carbonyl (C=O) groups excluding carboxylic acids is 2. The molecule has 0 amide bonds. The Morgan fingerprint density at radius 3 is 1.58 bits per heavy atom. The fourth-order valence-corrected chi connectivity index (χ4v) is 5.64. The third-order valence-electron chi connectivity index (χ3n) is 8.93. The molecule has 0 saturated heterocycles. The van der Waals surface area contributed by atoms with E-state index >= 15 is 0 Å². The number of nitrogens with zero attached hydrogens (tertiary/aromatic N) is 1. The molecule has 2 unspecified atom stereocenters. The van der Waals surface area contributed by atoms with Crippen LogP contribution >= 0.6 is 0 Å². The lowest BCUT2D eigenvalue weighted by Gasteiger charge is -2.31. The van der Waals surface area contributed by atoms with Crippen LogP contribution in [0, 0.1) is 0 Å². The first kappa shape index (κ1) is 51.5. The average molecular weight is 769 g/mol. The Hall–Kier alpha value is -3.49. The van der Waals surface area contributed by atoms with Gasteiger partial charge in [-0.15, -0.1) is 0 Å². The van der Waals surface area contributed by atoms with Crippen molar-refractivity contribution in [2.24, 2.45) is 0 Å². The number of esters is 2. The van der Waals surface area contributed by atoms with Crippen LogP contribution in [0.4, 0.5) is 0 Å². The zero-order chi connectivity index (χ0) is 40.7. The normalized spacial score (nSPS) is 13.8. The van der Waals surface area contributed by atoms with Crippen molar-refractivity contribution >= 4 is 17.9 Å². The number of unbranched alkanes of at least 4 members (excludes halogenated alkanes) is 13. The quantitative estimate of drug-likeness (QED) is 0.0293. The summed E-state index contributed by atoms with van der Waals surface area (Å²) in [6.07, 6.45) is 47.8. The SMILES string of the molecule is CC/C=C/C=C/C=C/C=C/C=C/CCCC(=O)OC(COCCC(C(=O)O)[N+](C)(C)C)COC(=O)CCCCCCC/C=C/C=C/CCCCCCCCC. The Morgan fingerprint density at radius 2 is 1.04 bits per heavy atom. The molecule has 0 aromatic carbocycles. The minimum Gasteiger partial charge on any atom is -0.477 e. The van der Waals surface area contributed by atoms with Crippen molar-refractivity contribution in [2.75, 3.05) is 41.0 Å². The molecular weight excluding hydrogens is 691 g/mol. The fraction of sp³-hybridized carbons (Fsp3) is 0.638. The standard InChI is InChI=1S/C47H77NO7/c1-6-8-10-12-14-16-18-20-21-22-23-24-26-27-29-31-33-35-37-45(49)54-42-43(41-53-40-39-44(47(51)52)48(3,4)5)55-46(50)38-36-34-32-30-28-25-19-17-15-13-11-9-7-2/h9,11,13,15,17,19,21-25,28,30,32,43-44H,6-8,10,12,14,16,18,20,26-27,29,31,33-42H2,1-5H3/p+1/b11-9+,15-13+,19-17+,22-21+,24-23+,28-25+,32-30+. The van der Waals surface area contributed by atoms with Crippen molar-refractivity contribution in [3.8, 4) is 0 Å². The van der Waals surface area contributed by atoms with E-state index in [4.69, 9.17) is 14.2 Å². The first-order chi connectivity index (χ1) is 26.6. The zero-order valence-electron chi connectivity index (χ0n) is 35.3. The monoisotopic (exact) mass is 769 g/mol. The van der Waals surface area contributed by atoms with Gasteiger partial charge >= 0.3 is 17.9 Å². The van der Waals surface area contributed by atoms with Gasteiger partial charge in [-0.2, -0.15) is 0 Å². The Kier molecular flexibility index (Phi) is 35.1. The number of hydrogen-bond acceptors (Lipinski definition) is 6. The third-order valence-corrected chi connectivity index (χ3v) is 8.93. The van der Waals surface area contributed by atoms with Gasteiger partial charge in [0.1, 0.15) is 6.61 Å². The van der Waals surface area contributed by atoms with Crippen molar-refractivity contribution in [1.82, 2.24) is 0 Å². The van der Waals surface area contributed by atoms with Gasteiger partial charge in [0.05, 0.1) is 34.4 Å². The summed E-state index contributed by atoms with van der Waals surface area (Å²) in [4.78, 5) is 36.9. The number of rotatable bonds is 36. The van der Waals surface area contributed by atoms with Crippen LogP contribution in [-0.4, -0.2) is 80.6 Å². The Morgan fingerprint density at radius 1 is 0.564 bits per heavy atom. The van der Waals surface area contributed by atoms with E-state index in [-0.39, 0.29) is 42.7 Å². The summed E-state index contributed by atoms with van der Waals surface area (Å²) in [5.74, 6) is -1.60. The number of allylic oxidation sites excluding steroid dienone is 14. The molecule has 0 aliphatic rings. The highest BCUT2D eigenvalue weighted by Crippen LogP contribution is 2.12. The lowest BCUT2D eigenvalue weighted by atomic mass is 10.1. The highest BCUT2D eigenvalue weighted by atomic mass is 16.6. The summed E-state index contributed by atoms with van der Waals surface area (Å²) in [5, 5.41) is 9.60. The van der Waals surface area contributed by atoms with E-state index < -0.39 is 18.1 Å². The maximum atomic E-state index is 12.7. The molecule has 0 aliphatic heterocycles. The van der Waals surface area contributed by atoms with Gasteiger partial charge < -0.3 is 23.8 Å². The van der Waals surface area contributed by atoms with Gasteiger partial charge in [-0.3, -0.25) is 9.59 Å². The molecule has 8 heteroatoms. The molecule has 0 spiro atoms. The molecule has 2 atom stereocenters. The molecule has 55 heavy (non-hydrogen) atoms. The summed E-state index contributed by atoms with van der Waals surface area (Å²) < 4.78 is 17.1. The van der Waals surface area contributed by atoms with Gasteiger partial charge in [-0.1, -0.05) is 157 Å². The fourth-order valence-electron chi connectivity index (χ4n) is 5.64. The van der Waals surface area contributed by atoms with Crippen molar-refractivity contribution in [2.45, 2.75) is 154 Å². The Labute approximate surface area is 335 Å². The summed E-state index contributed by atoms with van der Waals surface area (Å²) >= 11 is 0. The molecule has 0 saturated carbocycles. The highest BCUT2D eigenvalue weighted by Gasteiger charge is 2.31. The topological polar surface area (TPSA) is 99.1 Å². The lowest BCUT2D eigenvalue weighted by molar-refractivity contribution is -0.887. The molecule has 0 aliphatic carbocycles. The maximum absolute atomic E-state index is 12.7. The van der Waals surface area contributed by atoms with E-state index in [2.05, 4.69) is 44.2 Å². The van der Waals surface area contributed by atoms with Crippen molar-refractivity contribution in [3.63, 3.8) is 0 Å². The van der Waals surface area contributed by atoms with Gasteiger partial charge in [0, 0.05) is 19.3 Å². The number of carbonyl (C=O) groups is 3. The molecule has 0 aromatic heterocycles. The number of hydrogen-bond donors (Lipinski definition) is 1. The lowest BCUT2D eigenvalue weighted by Crippen LogP contribution is -2.50. The summed E-state index contributed by atoms with van der Waals surface area (Å²) in [6, 6.07) is -0.634. The van der Waals surface area contributed by atoms with E-state index in [9.17, 15) is 19.5 Å². The molecule has 0 aromatic rings. The van der Waals surface area contributed by atoms with Crippen LogP contribution < -0.4 is 0 Å². The number of carboxylic acid groups (broad SMARTS) is 1. The number of ether oxygens (including phenoxy) is 3. The molecule has 0 bridgehead atoms. The average Bonchev–Trinajstić information content (AvgIpc) is 3.14. The van der Waals surface area contributed by atoms with E-state index in [1.54, 1.807) is 0 Å². The Bertz CT molecular complexity index is 1170. The largest absolute Gasteiger partial charge is 0.477 e. The first-order valence-electron chi connectivity index (χ1n) is 21.2. The molecule has 8 nitrogen and oxygen atoms in total. The van der Waals surface area contributed by atoms with Crippen LogP contribution in [0.1, 0.15) is 142 Å². The van der Waals surface area contributed by atoms with E-state index in [1.165, 1.54) is 51.4 Å². The molecule has 312 valence electrons. The molecule has 0 radical (unpaired) electrons. The second kappa shape index (κ2) is 37.4. The van der Waals surface area contributed by atoms with Crippen molar-refractivity contribution < 1.29 is 38.2 Å². The Balaban J connectivity index is 4.49. The minimum absolute atomic E-state index is 0.0221. The summed E-state index contributed by atoms with van der Waals surface area (Å²) in [7, 11) is 5.48. The number of aliphatic carboxylic acids is 1. The molecule has 0 rings (SSSR count). The van der Waals surface area contributed by atoms with Crippen LogP contribution in [-0.2, 0) is 28.6 Å². The van der Waals surface area contributed by atoms with Gasteiger partial charge in [-0.05, 0) is 51.4 Å². The van der Waals surface area contributed by atoms with Gasteiger partial charge in [0.15, 0.2) is 12.1 Å². The van der Waals surface area contributed by atoms with Crippen LogP contribution in [0.2, 0.25) is 0 Å². The minimum atomic E-state index is -0.893. The molecule has 0 fully saturated rings. The van der Waals surface area contributed by atoms with Crippen molar-refractivity contribution in [1.29, 1.82) is 0 Å². The molecule has 1 N–H and O–H groups in total. The van der Waals surface area contributed by atoms with Gasteiger partial charge in [-0.25, -0.2) is 4.79 Å². The third kappa shape index (κ3) is 35.9. The summed E-state index contributed by atoms with van der Waals surface area (Å²) in [6.45, 7) is 4.47. The number of quaternary nitrogens is 1. The predicted octanol–water partition coefficient (Wildman–Crippen LogP) is 11.4. The van der Waals surface area contributed by atoms with E-state index in [0.29, 0.717) is 19.3 Å². The molecule has 0 heterocycles. The number of likely N-dealkylation sites (N-methyl/N-ethyl adjacent to an activating group) is 1. The van der Waals surface area contributed by atoms with Crippen LogP contribution in [0.15, 0.2) is 85.1 Å². The van der Waals surface area contributed by atoms with Gasteiger partial charge in [0.2, 0.25) is 0 Å².